The highest BCUT2D eigenvalue weighted by molar-refractivity contribution is 6.22. The lowest BCUT2D eigenvalue weighted by Gasteiger charge is -2.20. The van der Waals surface area contributed by atoms with Gasteiger partial charge >= 0.3 is 0 Å². The second-order valence-electron chi connectivity index (χ2n) is 5.15. The van der Waals surface area contributed by atoms with Crippen molar-refractivity contribution in [2.24, 2.45) is 0 Å². The molecule has 23 heavy (non-hydrogen) atoms. The van der Waals surface area contributed by atoms with Crippen LogP contribution >= 0.6 is 0 Å². The topological polar surface area (TPSA) is 57.7 Å². The molecule has 0 bridgehead atoms. The molecule has 0 fully saturated rings. The number of anilines is 1. The number of amides is 3. The fourth-order valence-electron chi connectivity index (χ4n) is 2.47. The molecule has 0 unspecified atom stereocenters. The van der Waals surface area contributed by atoms with Gasteiger partial charge in [-0.05, 0) is 24.3 Å². The Morgan fingerprint density at radius 3 is 2.39 bits per heavy atom. The Labute approximate surface area is 131 Å². The lowest BCUT2D eigenvalue weighted by molar-refractivity contribution is -0.118. The van der Waals surface area contributed by atoms with Gasteiger partial charge in [-0.2, -0.15) is 0 Å². The summed E-state index contributed by atoms with van der Waals surface area (Å²) >= 11 is 0. The number of nitrogens with zero attached hydrogens (tertiary/aromatic N) is 2. The molecule has 1 aliphatic rings. The first-order valence-corrected chi connectivity index (χ1v) is 6.97. The van der Waals surface area contributed by atoms with Crippen molar-refractivity contribution in [1.29, 1.82) is 0 Å². The van der Waals surface area contributed by atoms with Crippen LogP contribution in [0.1, 0.15) is 20.7 Å². The molecule has 3 rings (SSSR count). The lowest BCUT2D eigenvalue weighted by atomic mass is 10.1. The van der Waals surface area contributed by atoms with E-state index in [9.17, 15) is 18.8 Å². The summed E-state index contributed by atoms with van der Waals surface area (Å²) in [7, 11) is 1.55. The van der Waals surface area contributed by atoms with E-state index in [4.69, 9.17) is 0 Å². The maximum absolute atomic E-state index is 13.8. The molecule has 0 spiro atoms. The lowest BCUT2D eigenvalue weighted by Crippen LogP contribution is -2.41. The number of carbonyl (C=O) groups is 3. The van der Waals surface area contributed by atoms with Gasteiger partial charge in [0.15, 0.2) is 0 Å². The smallest absolute Gasteiger partial charge is 0.265 e. The maximum Gasteiger partial charge on any atom is 0.265 e. The fourth-order valence-corrected chi connectivity index (χ4v) is 2.47. The van der Waals surface area contributed by atoms with Crippen molar-refractivity contribution in [2.45, 2.75) is 0 Å². The SMILES string of the molecule is CN(C(=O)CN1C(=O)c2cccc(F)c2C1=O)c1ccccc1. The normalized spacial score (nSPS) is 13.2. The van der Waals surface area contributed by atoms with E-state index >= 15 is 0 Å². The van der Waals surface area contributed by atoms with Gasteiger partial charge in [0, 0.05) is 12.7 Å². The molecule has 0 saturated carbocycles. The fraction of sp³-hybridized carbons (Fsp3) is 0.118. The Kier molecular flexibility index (Phi) is 3.65. The second-order valence-corrected chi connectivity index (χ2v) is 5.15. The zero-order valence-electron chi connectivity index (χ0n) is 12.3. The minimum absolute atomic E-state index is 0.00911. The van der Waals surface area contributed by atoms with Gasteiger partial charge in [0.25, 0.3) is 11.8 Å². The predicted molar refractivity (Wildman–Crippen MR) is 81.6 cm³/mol. The summed E-state index contributed by atoms with van der Waals surface area (Å²) in [5.74, 6) is -2.63. The van der Waals surface area contributed by atoms with Crippen molar-refractivity contribution in [3.05, 3.63) is 65.5 Å². The number of hydrogen-bond acceptors (Lipinski definition) is 3. The van der Waals surface area contributed by atoms with Crippen LogP contribution in [-0.2, 0) is 4.79 Å². The van der Waals surface area contributed by atoms with Gasteiger partial charge in [-0.15, -0.1) is 0 Å². The van der Waals surface area contributed by atoms with Gasteiger partial charge < -0.3 is 4.90 Å². The number of rotatable bonds is 3. The van der Waals surface area contributed by atoms with Crippen LogP contribution in [0.25, 0.3) is 0 Å². The van der Waals surface area contributed by atoms with E-state index in [2.05, 4.69) is 0 Å². The molecular weight excluding hydrogens is 299 g/mol. The van der Waals surface area contributed by atoms with E-state index < -0.39 is 30.1 Å². The van der Waals surface area contributed by atoms with E-state index in [1.165, 1.54) is 17.0 Å². The molecule has 2 aromatic carbocycles. The van der Waals surface area contributed by atoms with Crippen molar-refractivity contribution in [1.82, 2.24) is 4.90 Å². The third kappa shape index (κ3) is 2.48. The Bertz CT molecular complexity index is 805. The molecule has 0 aliphatic carbocycles. The van der Waals surface area contributed by atoms with Crippen LogP contribution in [-0.4, -0.2) is 36.2 Å². The van der Waals surface area contributed by atoms with E-state index in [0.29, 0.717) is 5.69 Å². The largest absolute Gasteiger partial charge is 0.314 e. The molecule has 0 atom stereocenters. The summed E-state index contributed by atoms with van der Waals surface area (Å²) in [6.07, 6.45) is 0. The number of likely N-dealkylation sites (N-methyl/N-ethyl adjacent to an activating group) is 1. The zero-order chi connectivity index (χ0) is 16.6. The molecule has 1 aliphatic heterocycles. The number of fused-ring (bicyclic) bond motifs is 1. The van der Waals surface area contributed by atoms with Crippen LogP contribution in [0, 0.1) is 5.82 Å². The summed E-state index contributed by atoms with van der Waals surface area (Å²) in [4.78, 5) is 38.9. The molecule has 6 heteroatoms. The summed E-state index contributed by atoms with van der Waals surface area (Å²) in [6.45, 7) is -0.433. The highest BCUT2D eigenvalue weighted by atomic mass is 19.1. The predicted octanol–water partition coefficient (Wildman–Crippen LogP) is 2.08. The number of carbonyl (C=O) groups excluding carboxylic acids is 3. The third-order valence-corrected chi connectivity index (χ3v) is 3.76. The van der Waals surface area contributed by atoms with E-state index in [1.807, 2.05) is 6.07 Å². The van der Waals surface area contributed by atoms with Crippen molar-refractivity contribution < 1.29 is 18.8 Å². The minimum atomic E-state index is -0.780. The van der Waals surface area contributed by atoms with Crippen molar-refractivity contribution in [2.75, 3.05) is 18.5 Å². The molecule has 0 N–H and O–H groups in total. The van der Waals surface area contributed by atoms with Gasteiger partial charge in [0.05, 0.1) is 11.1 Å². The van der Waals surface area contributed by atoms with Gasteiger partial charge in [0.2, 0.25) is 5.91 Å². The number of hydrogen-bond donors (Lipinski definition) is 0. The summed E-state index contributed by atoms with van der Waals surface area (Å²) in [5.41, 5.74) is 0.359. The summed E-state index contributed by atoms with van der Waals surface area (Å²) < 4.78 is 13.8. The van der Waals surface area contributed by atoms with Crippen LogP contribution in [0.15, 0.2) is 48.5 Å². The number of halogens is 1. The number of imide groups is 1. The van der Waals surface area contributed by atoms with E-state index in [-0.39, 0.29) is 11.1 Å². The molecule has 5 nitrogen and oxygen atoms in total. The van der Waals surface area contributed by atoms with Gasteiger partial charge in [0.1, 0.15) is 12.4 Å². The first-order chi connectivity index (χ1) is 11.0. The summed E-state index contributed by atoms with van der Waals surface area (Å²) in [6, 6.07) is 12.7. The maximum atomic E-state index is 13.8. The number of benzene rings is 2. The van der Waals surface area contributed by atoms with Crippen molar-refractivity contribution >= 4 is 23.4 Å². The monoisotopic (exact) mass is 312 g/mol. The average Bonchev–Trinajstić information content (AvgIpc) is 2.81. The van der Waals surface area contributed by atoms with Gasteiger partial charge in [-0.25, -0.2) is 4.39 Å². The molecule has 1 heterocycles. The Morgan fingerprint density at radius 2 is 1.74 bits per heavy atom. The molecule has 0 radical (unpaired) electrons. The molecular formula is C17H13FN2O3. The van der Waals surface area contributed by atoms with Gasteiger partial charge in [-0.3, -0.25) is 19.3 Å². The molecule has 116 valence electrons. The highest BCUT2D eigenvalue weighted by Gasteiger charge is 2.39. The molecule has 2 aromatic rings. The molecule has 0 saturated heterocycles. The van der Waals surface area contributed by atoms with Crippen LogP contribution < -0.4 is 4.90 Å². The van der Waals surface area contributed by atoms with Crippen LogP contribution in [0.4, 0.5) is 10.1 Å². The molecule has 3 amide bonds. The van der Waals surface area contributed by atoms with E-state index in [1.54, 1.807) is 31.3 Å². The van der Waals surface area contributed by atoms with Crippen molar-refractivity contribution in [3.63, 3.8) is 0 Å². The number of para-hydroxylation sites is 1. The average molecular weight is 312 g/mol. The van der Waals surface area contributed by atoms with Crippen LogP contribution in [0.3, 0.4) is 0 Å². The highest BCUT2D eigenvalue weighted by Crippen LogP contribution is 2.25. The van der Waals surface area contributed by atoms with Crippen molar-refractivity contribution in [3.8, 4) is 0 Å². The van der Waals surface area contributed by atoms with Crippen LogP contribution in [0.5, 0.6) is 0 Å². The standard InChI is InChI=1S/C17H13FN2O3/c1-19(11-6-3-2-4-7-11)14(21)10-20-16(22)12-8-5-9-13(18)15(12)17(20)23/h2-9H,10H2,1H3. The Morgan fingerprint density at radius 1 is 1.04 bits per heavy atom. The Hall–Kier alpha value is -3.02. The summed E-state index contributed by atoms with van der Waals surface area (Å²) in [5, 5.41) is 0. The second kappa shape index (κ2) is 5.64. The minimum Gasteiger partial charge on any atom is -0.314 e. The van der Waals surface area contributed by atoms with Crippen LogP contribution in [0.2, 0.25) is 0 Å². The Balaban J connectivity index is 1.82. The molecule has 0 aromatic heterocycles. The first kappa shape index (κ1) is 14.9. The quantitative estimate of drug-likeness (QED) is 0.815. The van der Waals surface area contributed by atoms with E-state index in [0.717, 1.165) is 11.0 Å². The third-order valence-electron chi connectivity index (χ3n) is 3.76. The zero-order valence-corrected chi connectivity index (χ0v) is 12.3. The first-order valence-electron chi connectivity index (χ1n) is 6.97. The van der Waals surface area contributed by atoms with Gasteiger partial charge in [-0.1, -0.05) is 24.3 Å².